The van der Waals surface area contributed by atoms with Crippen LogP contribution in [0.3, 0.4) is 0 Å². The van der Waals surface area contributed by atoms with Gasteiger partial charge in [-0.2, -0.15) is 0 Å². The van der Waals surface area contributed by atoms with Crippen molar-refractivity contribution in [2.75, 3.05) is 0 Å². The molecule has 2 aromatic rings. The average molecular weight is 453 g/mol. The molecule has 0 radical (unpaired) electrons. The first-order valence-electron chi connectivity index (χ1n) is 11.4. The maximum atomic E-state index is 6.89. The number of hydrogen-bond acceptors (Lipinski definition) is 2. The van der Waals surface area contributed by atoms with Gasteiger partial charge in [0.25, 0.3) is 0 Å². The molecule has 0 saturated heterocycles. The molecule has 0 unspecified atom stereocenters. The molecule has 0 saturated carbocycles. The number of allylic oxidation sites excluding steroid dienone is 4. The van der Waals surface area contributed by atoms with E-state index in [9.17, 15) is 0 Å². The van der Waals surface area contributed by atoms with Crippen molar-refractivity contribution in [2.24, 2.45) is 5.41 Å². The molecule has 0 amide bonds. The number of para-hydroxylation sites is 2. The molecule has 1 aliphatic carbocycles. The fraction of sp³-hybridized carbons (Fsp3) is 0.429. The van der Waals surface area contributed by atoms with Crippen molar-refractivity contribution in [3.05, 3.63) is 80.3 Å². The molecule has 0 atom stereocenters. The Labute approximate surface area is 196 Å². The van der Waals surface area contributed by atoms with Crippen LogP contribution >= 0.6 is 0 Å². The Morgan fingerprint density at radius 2 is 1.10 bits per heavy atom. The molecule has 1 aliphatic rings. The van der Waals surface area contributed by atoms with Crippen LogP contribution in [0.4, 0.5) is 0 Å². The molecule has 0 heterocycles. The standard InChI is InChI=1S/C10H15.2C9H12O.Ti/c1-7-6-10(4,5)9(3)8(7)2;2*1-7(2)8-5-3-4-6-9(8)10;/h1-5H3;2*3-7,10H,1-2H3;/q;;;+2/p-2. The van der Waals surface area contributed by atoms with Crippen LogP contribution in [-0.2, 0) is 18.6 Å². The Morgan fingerprint density at radius 3 is 1.45 bits per heavy atom. The van der Waals surface area contributed by atoms with E-state index in [0.717, 1.165) is 11.5 Å². The van der Waals surface area contributed by atoms with Gasteiger partial charge in [-0.25, -0.2) is 0 Å². The average Bonchev–Trinajstić information content (AvgIpc) is 2.87. The van der Waals surface area contributed by atoms with Gasteiger partial charge in [-0.15, -0.1) is 0 Å². The van der Waals surface area contributed by atoms with Crippen LogP contribution in [0.25, 0.3) is 0 Å². The fourth-order valence-electron chi connectivity index (χ4n) is 4.43. The zero-order valence-corrected chi connectivity index (χ0v) is 22.2. The SMILES string of the molecule is CC1=C(C)C(C)(C)[C]([Ti]([O]c2ccccc2C(C)C)[O]c2ccccc2C(C)C)=C1C. The van der Waals surface area contributed by atoms with Gasteiger partial charge in [0.1, 0.15) is 0 Å². The van der Waals surface area contributed by atoms with Crippen LogP contribution in [0, 0.1) is 5.41 Å². The van der Waals surface area contributed by atoms with Crippen molar-refractivity contribution in [2.45, 2.75) is 74.1 Å². The topological polar surface area (TPSA) is 18.5 Å². The summed E-state index contributed by atoms with van der Waals surface area (Å²) < 4.78 is 15.2. The molecule has 165 valence electrons. The van der Waals surface area contributed by atoms with Crippen LogP contribution in [0.2, 0.25) is 0 Å². The van der Waals surface area contributed by atoms with Gasteiger partial charge in [-0.1, -0.05) is 0 Å². The molecule has 0 aromatic heterocycles. The summed E-state index contributed by atoms with van der Waals surface area (Å²) >= 11 is -2.66. The Morgan fingerprint density at radius 1 is 0.677 bits per heavy atom. The third kappa shape index (κ3) is 4.71. The van der Waals surface area contributed by atoms with Gasteiger partial charge in [-0.05, 0) is 0 Å². The van der Waals surface area contributed by atoms with Crippen molar-refractivity contribution in [3.8, 4) is 11.5 Å². The van der Waals surface area contributed by atoms with Crippen LogP contribution < -0.4 is 6.64 Å². The Kier molecular flexibility index (Phi) is 7.23. The molecular weight excluding hydrogens is 416 g/mol. The molecule has 2 nitrogen and oxygen atoms in total. The summed E-state index contributed by atoms with van der Waals surface area (Å²) in [6.45, 7) is 20.2. The van der Waals surface area contributed by atoms with Gasteiger partial charge in [0.05, 0.1) is 0 Å². The summed E-state index contributed by atoms with van der Waals surface area (Å²) in [5, 5.41) is 0. The summed E-state index contributed by atoms with van der Waals surface area (Å²) in [4.78, 5) is 0. The fourth-order valence-corrected chi connectivity index (χ4v) is 7.87. The maximum absolute atomic E-state index is 6.89. The van der Waals surface area contributed by atoms with Crippen LogP contribution in [0.15, 0.2) is 69.1 Å². The Balaban J connectivity index is 2.11. The Hall–Kier alpha value is -1.77. The minimum absolute atomic E-state index is 0.0525. The zero-order valence-electron chi connectivity index (χ0n) is 20.6. The molecular formula is C28H37O2Ti. The molecule has 0 spiro atoms. The number of benzene rings is 2. The third-order valence-electron chi connectivity index (χ3n) is 6.75. The van der Waals surface area contributed by atoms with E-state index in [1.807, 2.05) is 0 Å². The van der Waals surface area contributed by atoms with E-state index in [0.29, 0.717) is 11.8 Å². The van der Waals surface area contributed by atoms with Crippen LogP contribution in [0.1, 0.15) is 85.3 Å². The van der Waals surface area contributed by atoms with Crippen molar-refractivity contribution < 1.29 is 25.3 Å². The van der Waals surface area contributed by atoms with Gasteiger partial charge in [-0.3, -0.25) is 0 Å². The van der Waals surface area contributed by atoms with Crippen molar-refractivity contribution in [1.29, 1.82) is 0 Å². The van der Waals surface area contributed by atoms with E-state index in [1.165, 1.54) is 31.7 Å². The quantitative estimate of drug-likeness (QED) is 0.391. The van der Waals surface area contributed by atoms with Crippen LogP contribution in [0.5, 0.6) is 11.5 Å². The van der Waals surface area contributed by atoms with Gasteiger partial charge in [0.15, 0.2) is 0 Å². The van der Waals surface area contributed by atoms with E-state index in [1.54, 1.807) is 0 Å². The van der Waals surface area contributed by atoms with Gasteiger partial charge in [0.2, 0.25) is 0 Å². The van der Waals surface area contributed by atoms with E-state index in [2.05, 4.69) is 111 Å². The van der Waals surface area contributed by atoms with Gasteiger partial charge < -0.3 is 0 Å². The molecule has 0 fully saturated rings. The summed E-state index contributed by atoms with van der Waals surface area (Å²) in [6.07, 6.45) is 0. The van der Waals surface area contributed by atoms with Gasteiger partial charge in [0, 0.05) is 0 Å². The first-order chi connectivity index (χ1) is 14.6. The molecule has 3 rings (SSSR count). The molecule has 2 aromatic carbocycles. The summed E-state index contributed by atoms with van der Waals surface area (Å²) in [5.74, 6) is 2.72. The second kappa shape index (κ2) is 9.39. The van der Waals surface area contributed by atoms with Gasteiger partial charge >= 0.3 is 197 Å². The summed E-state index contributed by atoms with van der Waals surface area (Å²) in [5.41, 5.74) is 6.58. The molecule has 0 bridgehead atoms. The second-order valence-electron chi connectivity index (χ2n) is 9.75. The monoisotopic (exact) mass is 453 g/mol. The number of hydrogen-bond donors (Lipinski definition) is 0. The third-order valence-corrected chi connectivity index (χ3v) is 10.2. The molecule has 3 heteroatoms. The molecule has 0 N–H and O–H groups in total. The first-order valence-corrected chi connectivity index (χ1v) is 13.4. The van der Waals surface area contributed by atoms with E-state index < -0.39 is 18.6 Å². The molecule has 0 aliphatic heterocycles. The van der Waals surface area contributed by atoms with Crippen LogP contribution in [-0.4, -0.2) is 0 Å². The normalized spacial score (nSPS) is 15.8. The van der Waals surface area contributed by atoms with E-state index in [4.69, 9.17) is 6.64 Å². The van der Waals surface area contributed by atoms with Crippen molar-refractivity contribution >= 4 is 0 Å². The predicted octanol–water partition coefficient (Wildman–Crippen LogP) is 8.49. The first kappa shape index (κ1) is 23.9. The van der Waals surface area contributed by atoms with Crippen molar-refractivity contribution in [1.82, 2.24) is 0 Å². The Bertz CT molecular complexity index is 958. The van der Waals surface area contributed by atoms with E-state index in [-0.39, 0.29) is 5.41 Å². The minimum atomic E-state index is -2.66. The second-order valence-corrected chi connectivity index (χ2v) is 12.1. The predicted molar refractivity (Wildman–Crippen MR) is 127 cm³/mol. The van der Waals surface area contributed by atoms with E-state index >= 15 is 0 Å². The van der Waals surface area contributed by atoms with Crippen molar-refractivity contribution in [3.63, 3.8) is 0 Å². The summed E-state index contributed by atoms with van der Waals surface area (Å²) in [6, 6.07) is 16.9. The zero-order chi connectivity index (χ0) is 22.9. The number of rotatable bonds is 7. The molecule has 31 heavy (non-hydrogen) atoms. The summed E-state index contributed by atoms with van der Waals surface area (Å²) in [7, 11) is 0.